The average Bonchev–Trinajstić information content (AvgIpc) is 2.96. The highest BCUT2D eigenvalue weighted by Gasteiger charge is 2.32. The molecule has 0 saturated carbocycles. The third-order valence-electron chi connectivity index (χ3n) is 3.52. The molecular weight excluding hydrogens is 206 g/mol. The summed E-state index contributed by atoms with van der Waals surface area (Å²) in [5.74, 6) is 1.84. The van der Waals surface area contributed by atoms with Gasteiger partial charge in [-0.3, -0.25) is 0 Å². The van der Waals surface area contributed by atoms with Crippen LogP contribution in [-0.4, -0.2) is 29.4 Å². The van der Waals surface area contributed by atoms with Crippen LogP contribution >= 0.6 is 0 Å². The molecule has 1 N–H and O–H groups in total. The lowest BCUT2D eigenvalue weighted by molar-refractivity contribution is 0.113. The number of nitrogens with zero attached hydrogens (tertiary/aromatic N) is 2. The molecule has 3 rings (SSSR count). The summed E-state index contributed by atoms with van der Waals surface area (Å²) in [6, 6.07) is 0.287. The van der Waals surface area contributed by atoms with Gasteiger partial charge < -0.3 is 14.6 Å². The summed E-state index contributed by atoms with van der Waals surface area (Å²) in [5, 5.41) is 7.44. The number of hydrogen-bond donors (Lipinski definition) is 1. The lowest BCUT2D eigenvalue weighted by Gasteiger charge is -2.08. The Balaban J connectivity index is 1.76. The molecule has 3 unspecified atom stereocenters. The standard InChI is InChI=1S/C11H17N3O2/c1-7-8(4-6-15-7)11-13-10(14-16-11)9-3-2-5-12-9/h7-9,12H,2-6H2,1H3. The molecule has 3 atom stereocenters. The zero-order valence-electron chi connectivity index (χ0n) is 9.48. The van der Waals surface area contributed by atoms with Crippen molar-refractivity contribution in [1.82, 2.24) is 15.5 Å². The maximum absolute atomic E-state index is 5.51. The van der Waals surface area contributed by atoms with Gasteiger partial charge >= 0.3 is 0 Å². The van der Waals surface area contributed by atoms with Gasteiger partial charge in [-0.2, -0.15) is 4.98 Å². The van der Waals surface area contributed by atoms with E-state index in [2.05, 4.69) is 22.4 Å². The van der Waals surface area contributed by atoms with Crippen molar-refractivity contribution in [2.24, 2.45) is 0 Å². The fourth-order valence-electron chi connectivity index (χ4n) is 2.50. The second-order valence-corrected chi connectivity index (χ2v) is 4.61. The fraction of sp³-hybridized carbons (Fsp3) is 0.818. The van der Waals surface area contributed by atoms with Gasteiger partial charge in [0.25, 0.3) is 0 Å². The Bertz CT molecular complexity index is 360. The molecule has 5 nitrogen and oxygen atoms in total. The number of nitrogens with one attached hydrogen (secondary N) is 1. The predicted molar refractivity (Wildman–Crippen MR) is 57.0 cm³/mol. The Morgan fingerprint density at radius 2 is 2.31 bits per heavy atom. The van der Waals surface area contributed by atoms with Crippen LogP contribution in [0.2, 0.25) is 0 Å². The van der Waals surface area contributed by atoms with E-state index in [1.807, 2.05) is 0 Å². The molecule has 3 heterocycles. The molecule has 5 heteroatoms. The molecule has 0 bridgehead atoms. The Labute approximate surface area is 94.6 Å². The molecule has 0 aliphatic carbocycles. The van der Waals surface area contributed by atoms with Crippen LogP contribution in [0, 0.1) is 0 Å². The van der Waals surface area contributed by atoms with Crippen molar-refractivity contribution >= 4 is 0 Å². The monoisotopic (exact) mass is 223 g/mol. The lowest BCUT2D eigenvalue weighted by Crippen LogP contribution is -2.15. The lowest BCUT2D eigenvalue weighted by atomic mass is 10.0. The van der Waals surface area contributed by atoms with Crippen molar-refractivity contribution in [1.29, 1.82) is 0 Å². The summed E-state index contributed by atoms with van der Waals surface area (Å²) in [6.07, 6.45) is 3.48. The summed E-state index contributed by atoms with van der Waals surface area (Å²) >= 11 is 0. The van der Waals surface area contributed by atoms with Gasteiger partial charge in [0, 0.05) is 6.61 Å². The largest absolute Gasteiger partial charge is 0.378 e. The van der Waals surface area contributed by atoms with Gasteiger partial charge in [0.2, 0.25) is 5.89 Å². The van der Waals surface area contributed by atoms with Gasteiger partial charge in [-0.05, 0) is 32.7 Å². The Hall–Kier alpha value is -0.940. The minimum atomic E-state index is 0.199. The van der Waals surface area contributed by atoms with Crippen molar-refractivity contribution in [2.75, 3.05) is 13.2 Å². The van der Waals surface area contributed by atoms with Crippen molar-refractivity contribution in [3.63, 3.8) is 0 Å². The third-order valence-corrected chi connectivity index (χ3v) is 3.52. The van der Waals surface area contributed by atoms with Crippen molar-refractivity contribution in [3.8, 4) is 0 Å². The van der Waals surface area contributed by atoms with Crippen molar-refractivity contribution in [2.45, 2.75) is 44.2 Å². The van der Waals surface area contributed by atoms with E-state index in [0.717, 1.165) is 37.7 Å². The molecule has 2 aliphatic rings. The molecule has 0 spiro atoms. The molecule has 1 aromatic heterocycles. The Morgan fingerprint density at radius 1 is 1.38 bits per heavy atom. The zero-order valence-corrected chi connectivity index (χ0v) is 9.48. The molecule has 2 fully saturated rings. The minimum absolute atomic E-state index is 0.199. The van der Waals surface area contributed by atoms with E-state index in [0.29, 0.717) is 0 Å². The van der Waals surface area contributed by atoms with Crippen LogP contribution in [0.25, 0.3) is 0 Å². The molecule has 88 valence electrons. The first kappa shape index (κ1) is 10.2. The van der Waals surface area contributed by atoms with Gasteiger partial charge in [-0.25, -0.2) is 0 Å². The third kappa shape index (κ3) is 1.74. The average molecular weight is 223 g/mol. The molecule has 0 amide bonds. The molecule has 2 aliphatic heterocycles. The highest BCUT2D eigenvalue weighted by Crippen LogP contribution is 2.31. The van der Waals surface area contributed by atoms with E-state index in [-0.39, 0.29) is 18.1 Å². The van der Waals surface area contributed by atoms with E-state index >= 15 is 0 Å². The second-order valence-electron chi connectivity index (χ2n) is 4.61. The quantitative estimate of drug-likeness (QED) is 0.821. The van der Waals surface area contributed by atoms with Crippen LogP contribution in [0.1, 0.15) is 49.9 Å². The summed E-state index contributed by atoms with van der Waals surface area (Å²) in [6.45, 7) is 3.91. The maximum atomic E-state index is 5.51. The van der Waals surface area contributed by atoms with Gasteiger partial charge in [0.05, 0.1) is 18.1 Å². The normalized spacial score (nSPS) is 34.7. The van der Waals surface area contributed by atoms with E-state index < -0.39 is 0 Å². The van der Waals surface area contributed by atoms with Gasteiger partial charge in [0.1, 0.15) is 0 Å². The molecule has 16 heavy (non-hydrogen) atoms. The van der Waals surface area contributed by atoms with Crippen LogP contribution in [0.4, 0.5) is 0 Å². The predicted octanol–water partition coefficient (Wildman–Crippen LogP) is 1.39. The Morgan fingerprint density at radius 3 is 3.00 bits per heavy atom. The van der Waals surface area contributed by atoms with Gasteiger partial charge in [0.15, 0.2) is 5.82 Å². The van der Waals surface area contributed by atoms with Crippen LogP contribution in [0.3, 0.4) is 0 Å². The summed E-state index contributed by atoms with van der Waals surface area (Å²) in [5.41, 5.74) is 0. The first-order valence-electron chi connectivity index (χ1n) is 6.03. The smallest absolute Gasteiger partial charge is 0.232 e. The van der Waals surface area contributed by atoms with Gasteiger partial charge in [-0.1, -0.05) is 5.16 Å². The summed E-state index contributed by atoms with van der Waals surface area (Å²) < 4.78 is 10.9. The van der Waals surface area contributed by atoms with E-state index in [9.17, 15) is 0 Å². The molecular formula is C11H17N3O2. The van der Waals surface area contributed by atoms with Crippen molar-refractivity contribution in [3.05, 3.63) is 11.7 Å². The first-order valence-corrected chi connectivity index (χ1v) is 6.03. The Kier molecular flexibility index (Phi) is 2.65. The SMILES string of the molecule is CC1OCCC1c1nc(C2CCCN2)no1. The van der Waals surface area contributed by atoms with E-state index in [1.165, 1.54) is 6.42 Å². The number of aromatic nitrogens is 2. The van der Waals surface area contributed by atoms with Crippen molar-refractivity contribution < 1.29 is 9.26 Å². The highest BCUT2D eigenvalue weighted by molar-refractivity contribution is 5.02. The summed E-state index contributed by atoms with van der Waals surface area (Å²) in [4.78, 5) is 4.50. The molecule has 0 aromatic carbocycles. The second kappa shape index (κ2) is 4.14. The fourth-order valence-corrected chi connectivity index (χ4v) is 2.50. The van der Waals surface area contributed by atoms with Crippen LogP contribution < -0.4 is 5.32 Å². The molecule has 1 aromatic rings. The van der Waals surface area contributed by atoms with E-state index in [4.69, 9.17) is 9.26 Å². The topological polar surface area (TPSA) is 60.2 Å². The number of hydrogen-bond acceptors (Lipinski definition) is 5. The summed E-state index contributed by atoms with van der Waals surface area (Å²) in [7, 11) is 0. The molecule has 0 radical (unpaired) electrons. The van der Waals surface area contributed by atoms with E-state index in [1.54, 1.807) is 0 Å². The minimum Gasteiger partial charge on any atom is -0.378 e. The van der Waals surface area contributed by atoms with Gasteiger partial charge in [-0.15, -0.1) is 0 Å². The zero-order chi connectivity index (χ0) is 11.0. The van der Waals surface area contributed by atoms with Crippen LogP contribution in [-0.2, 0) is 4.74 Å². The molecule has 2 saturated heterocycles. The number of ether oxygens (including phenoxy) is 1. The highest BCUT2D eigenvalue weighted by atomic mass is 16.5. The number of rotatable bonds is 2. The van der Waals surface area contributed by atoms with Crippen LogP contribution in [0.5, 0.6) is 0 Å². The maximum Gasteiger partial charge on any atom is 0.232 e. The first-order chi connectivity index (χ1) is 7.84. The van der Waals surface area contributed by atoms with Crippen LogP contribution in [0.15, 0.2) is 4.52 Å².